The van der Waals surface area contributed by atoms with Crippen LogP contribution in [0, 0.1) is 18.7 Å². The maximum Gasteiger partial charge on any atom is 0.254 e. The van der Waals surface area contributed by atoms with E-state index in [2.05, 4.69) is 10.3 Å². The molecule has 0 unspecified atom stereocenters. The van der Waals surface area contributed by atoms with Crippen LogP contribution in [0.2, 0.25) is 0 Å². The molecule has 0 radical (unpaired) electrons. The van der Waals surface area contributed by atoms with E-state index >= 15 is 0 Å². The van der Waals surface area contributed by atoms with Crippen LogP contribution in [0.3, 0.4) is 0 Å². The summed E-state index contributed by atoms with van der Waals surface area (Å²) in [6.45, 7) is 2.34. The van der Waals surface area contributed by atoms with Crippen LogP contribution in [0.5, 0.6) is 5.75 Å². The summed E-state index contributed by atoms with van der Waals surface area (Å²) >= 11 is 0. The highest BCUT2D eigenvalue weighted by atomic mass is 19.2. The number of rotatable bonds is 5. The average molecular weight is 292 g/mol. The fourth-order valence-electron chi connectivity index (χ4n) is 1.73. The number of hydrogen-bond acceptors (Lipinski definition) is 3. The molecular weight excluding hydrogens is 278 g/mol. The second kappa shape index (κ2) is 6.78. The Morgan fingerprint density at radius 2 is 2.14 bits per heavy atom. The lowest BCUT2D eigenvalue weighted by atomic mass is 10.2. The first-order chi connectivity index (χ1) is 10.1. The first-order valence-electron chi connectivity index (χ1n) is 6.35. The molecule has 1 N–H and O–H groups in total. The third-order valence-electron chi connectivity index (χ3n) is 2.74. The van der Waals surface area contributed by atoms with Crippen molar-refractivity contribution in [1.82, 2.24) is 10.3 Å². The van der Waals surface area contributed by atoms with Crippen LogP contribution in [0.15, 0.2) is 36.5 Å². The number of amides is 1. The first-order valence-corrected chi connectivity index (χ1v) is 6.35. The summed E-state index contributed by atoms with van der Waals surface area (Å²) in [4.78, 5) is 14.8. The average Bonchev–Trinajstić information content (AvgIpc) is 2.46. The van der Waals surface area contributed by atoms with Crippen LogP contribution >= 0.6 is 0 Å². The molecule has 1 amide bonds. The molecule has 2 rings (SSSR count). The number of nitrogens with zero attached hydrogens (tertiary/aromatic N) is 1. The Balaban J connectivity index is 1.83. The molecule has 0 aliphatic rings. The highest BCUT2D eigenvalue weighted by Crippen LogP contribution is 2.12. The van der Waals surface area contributed by atoms with E-state index in [1.165, 1.54) is 0 Å². The molecule has 0 aliphatic carbocycles. The van der Waals surface area contributed by atoms with Gasteiger partial charge in [-0.2, -0.15) is 4.39 Å². The maximum absolute atomic E-state index is 13.3. The Morgan fingerprint density at radius 1 is 1.33 bits per heavy atom. The van der Waals surface area contributed by atoms with Gasteiger partial charge in [0, 0.05) is 6.20 Å². The molecule has 0 atom stereocenters. The van der Waals surface area contributed by atoms with Crippen molar-refractivity contribution in [3.8, 4) is 5.75 Å². The molecule has 4 nitrogen and oxygen atoms in total. The number of carbonyl (C=O) groups is 1. The summed E-state index contributed by atoms with van der Waals surface area (Å²) in [6.07, 6.45) is 1.04. The van der Waals surface area contributed by atoms with E-state index < -0.39 is 17.7 Å². The van der Waals surface area contributed by atoms with E-state index in [0.717, 1.165) is 17.8 Å². The summed E-state index contributed by atoms with van der Waals surface area (Å²) in [5, 5.41) is 2.45. The maximum atomic E-state index is 13.3. The fourth-order valence-corrected chi connectivity index (χ4v) is 1.73. The molecule has 1 heterocycles. The zero-order chi connectivity index (χ0) is 15.2. The summed E-state index contributed by atoms with van der Waals surface area (Å²) in [5.41, 5.74) is 0.684. The fraction of sp³-hybridized carbons (Fsp3) is 0.200. The topological polar surface area (TPSA) is 51.2 Å². The van der Waals surface area contributed by atoms with Gasteiger partial charge < -0.3 is 10.1 Å². The van der Waals surface area contributed by atoms with Crippen LogP contribution < -0.4 is 10.1 Å². The molecule has 1 aromatic heterocycles. The van der Waals surface area contributed by atoms with Gasteiger partial charge in [-0.1, -0.05) is 12.1 Å². The number of ether oxygens (including phenoxy) is 1. The number of carbonyl (C=O) groups excluding carboxylic acids is 1. The Hall–Kier alpha value is -2.50. The quantitative estimate of drug-likeness (QED) is 0.680. The van der Waals surface area contributed by atoms with Gasteiger partial charge in [0.15, 0.2) is 5.82 Å². The van der Waals surface area contributed by atoms with Gasteiger partial charge in [-0.15, -0.1) is 0 Å². The molecular formula is C15H14F2N2O2. The molecule has 0 saturated heterocycles. The van der Waals surface area contributed by atoms with Gasteiger partial charge in [0.25, 0.3) is 5.91 Å². The number of pyridine rings is 1. The molecule has 0 aliphatic heterocycles. The van der Waals surface area contributed by atoms with Gasteiger partial charge in [0.1, 0.15) is 12.4 Å². The van der Waals surface area contributed by atoms with E-state index in [1.54, 1.807) is 6.07 Å². The third-order valence-corrected chi connectivity index (χ3v) is 2.74. The molecule has 1 aromatic carbocycles. The minimum atomic E-state index is -1.29. The zero-order valence-electron chi connectivity index (χ0n) is 11.4. The van der Waals surface area contributed by atoms with Crippen LogP contribution in [0.1, 0.15) is 15.9 Å². The smallest absolute Gasteiger partial charge is 0.254 e. The number of benzene rings is 1. The third kappa shape index (κ3) is 3.98. The normalized spacial score (nSPS) is 10.2. The highest BCUT2D eigenvalue weighted by molar-refractivity contribution is 5.94. The van der Waals surface area contributed by atoms with Crippen LogP contribution in [0.4, 0.5) is 8.78 Å². The number of nitrogens with one attached hydrogen (secondary N) is 1. The second-order valence-electron chi connectivity index (χ2n) is 4.38. The lowest BCUT2D eigenvalue weighted by Gasteiger charge is -2.08. The van der Waals surface area contributed by atoms with Gasteiger partial charge in [-0.25, -0.2) is 9.37 Å². The molecule has 2 aromatic rings. The Bertz CT molecular complexity index is 647. The summed E-state index contributed by atoms with van der Waals surface area (Å²) < 4.78 is 31.7. The SMILES string of the molecule is Cc1cccc(OCCNC(=O)c2ccnc(F)c2F)c1. The lowest BCUT2D eigenvalue weighted by Crippen LogP contribution is -2.29. The predicted molar refractivity (Wildman–Crippen MR) is 73.2 cm³/mol. The van der Waals surface area contributed by atoms with Gasteiger partial charge in [-0.05, 0) is 30.7 Å². The first kappa shape index (κ1) is 14.9. The Labute approximate surface area is 120 Å². The van der Waals surface area contributed by atoms with Crippen LogP contribution in [-0.4, -0.2) is 24.0 Å². The number of aromatic nitrogens is 1. The van der Waals surface area contributed by atoms with Gasteiger partial charge in [-0.3, -0.25) is 4.79 Å². The van der Waals surface area contributed by atoms with Crippen molar-refractivity contribution in [2.45, 2.75) is 6.92 Å². The number of hydrogen-bond donors (Lipinski definition) is 1. The molecule has 6 heteroatoms. The molecule has 0 bridgehead atoms. The standard InChI is InChI=1S/C15H14F2N2O2/c1-10-3-2-4-11(9-10)21-8-7-19-15(20)12-5-6-18-14(17)13(12)16/h2-6,9H,7-8H2,1H3,(H,19,20). The van der Waals surface area contributed by atoms with E-state index in [0.29, 0.717) is 5.75 Å². The van der Waals surface area contributed by atoms with E-state index in [1.807, 2.05) is 25.1 Å². The predicted octanol–water partition coefficient (Wildman–Crippen LogP) is 2.48. The largest absolute Gasteiger partial charge is 0.492 e. The van der Waals surface area contributed by atoms with E-state index in [4.69, 9.17) is 4.74 Å². The lowest BCUT2D eigenvalue weighted by molar-refractivity contribution is 0.0941. The van der Waals surface area contributed by atoms with Crippen molar-refractivity contribution in [2.24, 2.45) is 0 Å². The molecule has 110 valence electrons. The van der Waals surface area contributed by atoms with E-state index in [-0.39, 0.29) is 18.7 Å². The van der Waals surface area contributed by atoms with Crippen LogP contribution in [-0.2, 0) is 0 Å². The van der Waals surface area contributed by atoms with Crippen molar-refractivity contribution in [3.05, 3.63) is 59.4 Å². The zero-order valence-corrected chi connectivity index (χ0v) is 11.4. The van der Waals surface area contributed by atoms with Gasteiger partial charge >= 0.3 is 0 Å². The summed E-state index contributed by atoms with van der Waals surface area (Å²) in [6, 6.07) is 8.58. The number of aryl methyl sites for hydroxylation is 1. The van der Waals surface area contributed by atoms with Crippen molar-refractivity contribution in [3.63, 3.8) is 0 Å². The van der Waals surface area contributed by atoms with Crippen molar-refractivity contribution >= 4 is 5.91 Å². The number of halogens is 2. The molecule has 0 spiro atoms. The molecule has 21 heavy (non-hydrogen) atoms. The minimum Gasteiger partial charge on any atom is -0.492 e. The molecule has 0 fully saturated rings. The molecule has 0 saturated carbocycles. The minimum absolute atomic E-state index is 0.177. The van der Waals surface area contributed by atoms with Gasteiger partial charge in [0.2, 0.25) is 5.95 Å². The Kier molecular flexibility index (Phi) is 4.81. The van der Waals surface area contributed by atoms with Gasteiger partial charge in [0.05, 0.1) is 12.1 Å². The van der Waals surface area contributed by atoms with Crippen molar-refractivity contribution in [1.29, 1.82) is 0 Å². The Morgan fingerprint density at radius 3 is 2.90 bits per heavy atom. The summed E-state index contributed by atoms with van der Waals surface area (Å²) in [5.74, 6) is -2.57. The highest BCUT2D eigenvalue weighted by Gasteiger charge is 2.15. The van der Waals surface area contributed by atoms with Crippen LogP contribution in [0.25, 0.3) is 0 Å². The summed E-state index contributed by atoms with van der Waals surface area (Å²) in [7, 11) is 0. The van der Waals surface area contributed by atoms with Crippen molar-refractivity contribution < 1.29 is 18.3 Å². The monoisotopic (exact) mass is 292 g/mol. The second-order valence-corrected chi connectivity index (χ2v) is 4.38. The van der Waals surface area contributed by atoms with E-state index in [9.17, 15) is 13.6 Å². The van der Waals surface area contributed by atoms with Crippen molar-refractivity contribution in [2.75, 3.05) is 13.2 Å².